The molecule has 1 saturated heterocycles. The Labute approximate surface area is 116 Å². The summed E-state index contributed by atoms with van der Waals surface area (Å²) in [6.45, 7) is 2.56. The minimum Gasteiger partial charge on any atom is -0.478 e. The lowest BCUT2D eigenvalue weighted by Crippen LogP contribution is -2.39. The van der Waals surface area contributed by atoms with Crippen molar-refractivity contribution in [2.24, 2.45) is 0 Å². The minimum absolute atomic E-state index is 0.000665. The summed E-state index contributed by atoms with van der Waals surface area (Å²) in [5, 5.41) is 11.5. The number of nitrogens with zero attached hydrogens (tertiary/aromatic N) is 1. The maximum atomic E-state index is 12.1. The normalized spacial score (nSPS) is 22.1. The van der Waals surface area contributed by atoms with Crippen molar-refractivity contribution in [3.8, 4) is 0 Å². The van der Waals surface area contributed by atoms with Crippen LogP contribution in [0.4, 0.5) is 0 Å². The Balaban J connectivity index is 2.06. The number of ether oxygens (including phenoxy) is 1. The molecule has 0 saturated carbocycles. The van der Waals surface area contributed by atoms with Crippen LogP contribution in [-0.2, 0) is 9.53 Å². The molecule has 2 unspecified atom stereocenters. The number of nitrogens with one attached hydrogen (secondary N) is 1. The van der Waals surface area contributed by atoms with E-state index in [1.807, 2.05) is 6.92 Å². The third-order valence-electron chi connectivity index (χ3n) is 3.13. The number of aromatic nitrogens is 1. The molecule has 6 heteroatoms. The summed E-state index contributed by atoms with van der Waals surface area (Å²) >= 11 is 0. The fraction of sp³-hybridized carbons (Fsp3) is 0.357. The van der Waals surface area contributed by atoms with Gasteiger partial charge in [0.1, 0.15) is 0 Å². The van der Waals surface area contributed by atoms with Crippen LogP contribution in [0.25, 0.3) is 6.08 Å². The number of pyridine rings is 1. The number of rotatable bonds is 4. The molecule has 0 aromatic carbocycles. The molecule has 2 heterocycles. The Morgan fingerprint density at radius 2 is 2.30 bits per heavy atom. The monoisotopic (exact) mass is 276 g/mol. The van der Waals surface area contributed by atoms with Crippen LogP contribution in [0, 0.1) is 0 Å². The van der Waals surface area contributed by atoms with Crippen molar-refractivity contribution < 1.29 is 19.4 Å². The molecule has 2 rings (SSSR count). The third-order valence-corrected chi connectivity index (χ3v) is 3.13. The third kappa shape index (κ3) is 3.64. The van der Waals surface area contributed by atoms with Gasteiger partial charge in [-0.25, -0.2) is 4.79 Å². The first-order chi connectivity index (χ1) is 9.56. The Bertz CT molecular complexity index is 542. The van der Waals surface area contributed by atoms with Gasteiger partial charge in [-0.05, 0) is 31.1 Å². The second kappa shape index (κ2) is 6.29. The number of aliphatic carboxylic acids is 1. The van der Waals surface area contributed by atoms with E-state index in [0.717, 1.165) is 12.5 Å². The van der Waals surface area contributed by atoms with Gasteiger partial charge in [0.05, 0.1) is 17.7 Å². The fourth-order valence-corrected chi connectivity index (χ4v) is 2.01. The lowest BCUT2D eigenvalue weighted by molar-refractivity contribution is -0.131. The van der Waals surface area contributed by atoms with Gasteiger partial charge in [-0.2, -0.15) is 0 Å². The molecule has 1 aliphatic heterocycles. The first-order valence-electron chi connectivity index (χ1n) is 6.35. The van der Waals surface area contributed by atoms with E-state index in [4.69, 9.17) is 9.84 Å². The minimum atomic E-state index is -1.04. The number of carboxylic acids is 1. The topological polar surface area (TPSA) is 88.5 Å². The van der Waals surface area contributed by atoms with E-state index in [-0.39, 0.29) is 18.1 Å². The van der Waals surface area contributed by atoms with Crippen LogP contribution >= 0.6 is 0 Å². The maximum absolute atomic E-state index is 12.1. The second-order valence-corrected chi connectivity index (χ2v) is 4.62. The predicted octanol–water partition coefficient (Wildman–Crippen LogP) is 1.09. The lowest BCUT2D eigenvalue weighted by Gasteiger charge is -2.15. The van der Waals surface area contributed by atoms with Gasteiger partial charge in [0.15, 0.2) is 0 Å². The van der Waals surface area contributed by atoms with Crippen LogP contribution in [0.3, 0.4) is 0 Å². The van der Waals surface area contributed by atoms with Crippen LogP contribution < -0.4 is 5.32 Å². The number of hydrogen-bond acceptors (Lipinski definition) is 4. The van der Waals surface area contributed by atoms with Gasteiger partial charge in [-0.1, -0.05) is 0 Å². The van der Waals surface area contributed by atoms with Gasteiger partial charge in [0.2, 0.25) is 0 Å². The van der Waals surface area contributed by atoms with Gasteiger partial charge in [-0.15, -0.1) is 0 Å². The number of carbonyl (C=O) groups excluding carboxylic acids is 1. The molecule has 0 radical (unpaired) electrons. The molecule has 1 fully saturated rings. The van der Waals surface area contributed by atoms with Crippen molar-refractivity contribution in [2.75, 3.05) is 6.61 Å². The summed E-state index contributed by atoms with van der Waals surface area (Å²) in [5.74, 6) is -1.28. The molecule has 1 aromatic heterocycles. The molecule has 1 amide bonds. The van der Waals surface area contributed by atoms with E-state index in [2.05, 4.69) is 10.3 Å². The fourth-order valence-electron chi connectivity index (χ4n) is 2.01. The molecule has 2 atom stereocenters. The quantitative estimate of drug-likeness (QED) is 0.803. The van der Waals surface area contributed by atoms with Crippen LogP contribution in [0.1, 0.15) is 29.3 Å². The summed E-state index contributed by atoms with van der Waals surface area (Å²) in [6, 6.07) is 1.60. The van der Waals surface area contributed by atoms with Crippen molar-refractivity contribution >= 4 is 18.0 Å². The highest BCUT2D eigenvalue weighted by atomic mass is 16.5. The van der Waals surface area contributed by atoms with Crippen LogP contribution in [0.5, 0.6) is 0 Å². The predicted molar refractivity (Wildman–Crippen MR) is 72.2 cm³/mol. The van der Waals surface area contributed by atoms with Crippen LogP contribution in [-0.4, -0.2) is 40.7 Å². The molecule has 2 N–H and O–H groups in total. The second-order valence-electron chi connectivity index (χ2n) is 4.62. The molecule has 6 nitrogen and oxygen atoms in total. The summed E-state index contributed by atoms with van der Waals surface area (Å²) in [5.41, 5.74) is 0.965. The molecular formula is C14H16N2O4. The van der Waals surface area contributed by atoms with E-state index >= 15 is 0 Å². The van der Waals surface area contributed by atoms with Crippen molar-refractivity contribution in [3.63, 3.8) is 0 Å². The highest BCUT2D eigenvalue weighted by Gasteiger charge is 2.26. The summed E-state index contributed by atoms with van der Waals surface area (Å²) in [6.07, 6.45) is 6.14. The number of hydrogen-bond donors (Lipinski definition) is 2. The molecular weight excluding hydrogens is 260 g/mol. The smallest absolute Gasteiger partial charge is 0.328 e. The first-order valence-corrected chi connectivity index (χ1v) is 6.35. The number of carboxylic acid groups (broad SMARTS) is 1. The van der Waals surface area contributed by atoms with Crippen LogP contribution in [0.15, 0.2) is 24.5 Å². The summed E-state index contributed by atoms with van der Waals surface area (Å²) in [4.78, 5) is 26.5. The molecule has 0 bridgehead atoms. The maximum Gasteiger partial charge on any atom is 0.328 e. The zero-order valence-corrected chi connectivity index (χ0v) is 11.1. The van der Waals surface area contributed by atoms with E-state index < -0.39 is 5.97 Å². The number of carbonyl (C=O) groups is 2. The molecule has 1 aliphatic rings. The van der Waals surface area contributed by atoms with E-state index in [1.165, 1.54) is 18.5 Å². The Hall–Kier alpha value is -2.21. The molecule has 1 aromatic rings. The Morgan fingerprint density at radius 3 is 2.95 bits per heavy atom. The summed E-state index contributed by atoms with van der Waals surface area (Å²) in [7, 11) is 0. The van der Waals surface area contributed by atoms with Crippen molar-refractivity contribution in [1.29, 1.82) is 0 Å². The molecule has 0 aliphatic carbocycles. The van der Waals surface area contributed by atoms with Gasteiger partial charge in [-0.3, -0.25) is 9.78 Å². The average Bonchev–Trinajstić information content (AvgIpc) is 2.82. The Morgan fingerprint density at radius 1 is 1.50 bits per heavy atom. The zero-order chi connectivity index (χ0) is 14.5. The largest absolute Gasteiger partial charge is 0.478 e. The van der Waals surface area contributed by atoms with Crippen molar-refractivity contribution in [1.82, 2.24) is 10.3 Å². The zero-order valence-electron chi connectivity index (χ0n) is 11.1. The highest BCUT2D eigenvalue weighted by Crippen LogP contribution is 2.13. The standard InChI is InChI=1S/C14H16N2O4/c1-9-12(4-5-20-9)16-14(19)11-6-10(7-15-8-11)2-3-13(17)18/h2-3,6-9,12H,4-5H2,1H3,(H,16,19)(H,17,18)/b3-2+. The summed E-state index contributed by atoms with van der Waals surface area (Å²) < 4.78 is 5.38. The molecule has 20 heavy (non-hydrogen) atoms. The average molecular weight is 276 g/mol. The molecule has 106 valence electrons. The van der Waals surface area contributed by atoms with Crippen LogP contribution in [0.2, 0.25) is 0 Å². The highest BCUT2D eigenvalue weighted by molar-refractivity contribution is 5.95. The molecule has 0 spiro atoms. The van der Waals surface area contributed by atoms with E-state index in [0.29, 0.717) is 17.7 Å². The van der Waals surface area contributed by atoms with Gasteiger partial charge in [0, 0.05) is 25.1 Å². The SMILES string of the molecule is CC1OCCC1NC(=O)c1cncc(/C=C/C(=O)O)c1. The van der Waals surface area contributed by atoms with Gasteiger partial charge >= 0.3 is 5.97 Å². The van der Waals surface area contributed by atoms with Crippen molar-refractivity contribution in [2.45, 2.75) is 25.5 Å². The number of amides is 1. The lowest BCUT2D eigenvalue weighted by atomic mass is 10.1. The van der Waals surface area contributed by atoms with Gasteiger partial charge < -0.3 is 15.2 Å². The Kier molecular flexibility index (Phi) is 4.47. The van der Waals surface area contributed by atoms with Crippen molar-refractivity contribution in [3.05, 3.63) is 35.7 Å². The first kappa shape index (κ1) is 14.2. The van der Waals surface area contributed by atoms with Gasteiger partial charge in [0.25, 0.3) is 5.91 Å². The van der Waals surface area contributed by atoms with E-state index in [1.54, 1.807) is 6.07 Å². The van der Waals surface area contributed by atoms with E-state index in [9.17, 15) is 9.59 Å².